The number of amides is 2. The first-order valence-electron chi connectivity index (χ1n) is 9.91. The second kappa shape index (κ2) is 9.45. The van der Waals surface area contributed by atoms with Crippen molar-refractivity contribution in [1.82, 2.24) is 15.6 Å². The molecule has 1 aromatic carbocycles. The summed E-state index contributed by atoms with van der Waals surface area (Å²) >= 11 is 0. The first kappa shape index (κ1) is 24.0. The Balaban J connectivity index is 1.82. The third-order valence-electron chi connectivity index (χ3n) is 5.22. The van der Waals surface area contributed by atoms with Gasteiger partial charge in [-0.2, -0.15) is 13.2 Å². The number of aromatic nitrogens is 1. The number of carbonyl (C=O) groups is 2. The minimum Gasteiger partial charge on any atom is -0.489 e. The van der Waals surface area contributed by atoms with E-state index in [0.29, 0.717) is 6.54 Å². The Morgan fingerprint density at radius 3 is 2.76 bits per heavy atom. The van der Waals surface area contributed by atoms with E-state index < -0.39 is 42.4 Å². The molecule has 1 aliphatic heterocycles. The zero-order valence-electron chi connectivity index (χ0n) is 17.6. The van der Waals surface area contributed by atoms with Crippen LogP contribution in [0.15, 0.2) is 36.5 Å². The minimum atomic E-state index is -4.63. The number of rotatable bonds is 7. The van der Waals surface area contributed by atoms with Gasteiger partial charge in [0.05, 0.1) is 12.2 Å². The van der Waals surface area contributed by atoms with Crippen molar-refractivity contribution in [1.29, 1.82) is 0 Å². The Hall–Kier alpha value is -3.67. The second-order valence-electron chi connectivity index (χ2n) is 7.37. The third-order valence-corrected chi connectivity index (χ3v) is 5.22. The normalized spacial score (nSPS) is 18.7. The number of hydrogen-bond acceptors (Lipinski definition) is 6. The van der Waals surface area contributed by atoms with Gasteiger partial charge in [0, 0.05) is 24.0 Å². The maximum Gasteiger partial charge on any atom is 0.433 e. The van der Waals surface area contributed by atoms with Crippen molar-refractivity contribution < 1.29 is 37.6 Å². The van der Waals surface area contributed by atoms with Crippen LogP contribution in [0.2, 0.25) is 0 Å². The summed E-state index contributed by atoms with van der Waals surface area (Å²) in [5.41, 5.74) is 3.73. The van der Waals surface area contributed by atoms with Crippen LogP contribution in [-0.2, 0) is 22.4 Å². The fourth-order valence-electron chi connectivity index (χ4n) is 3.45. The van der Waals surface area contributed by atoms with Gasteiger partial charge >= 0.3 is 12.1 Å². The molecule has 0 aliphatic carbocycles. The number of benzene rings is 1. The number of anilines is 1. The molecule has 1 aliphatic rings. The molecule has 176 valence electrons. The van der Waals surface area contributed by atoms with Crippen molar-refractivity contribution in [2.45, 2.75) is 24.7 Å². The van der Waals surface area contributed by atoms with Crippen LogP contribution in [-0.4, -0.2) is 53.4 Å². The molecule has 0 saturated carbocycles. The fourth-order valence-corrected chi connectivity index (χ4v) is 3.45. The number of aliphatic hydroxyl groups excluding tert-OH is 1. The number of hydrogen-bond donors (Lipinski definition) is 5. The number of alkyl halides is 3. The Bertz CT molecular complexity index is 1090. The Morgan fingerprint density at radius 1 is 1.39 bits per heavy atom. The maximum absolute atomic E-state index is 13.1. The summed E-state index contributed by atoms with van der Waals surface area (Å²) in [5.74, 6) is -1.04. The molecule has 9 nitrogen and oxygen atoms in total. The smallest absolute Gasteiger partial charge is 0.433 e. The van der Waals surface area contributed by atoms with Crippen molar-refractivity contribution in [2.75, 3.05) is 25.9 Å². The lowest BCUT2D eigenvalue weighted by Gasteiger charge is -2.24. The minimum absolute atomic E-state index is 0.0113. The zero-order chi connectivity index (χ0) is 24.2. The molecule has 2 amide bonds. The van der Waals surface area contributed by atoms with Crippen LogP contribution >= 0.6 is 0 Å². The summed E-state index contributed by atoms with van der Waals surface area (Å²) in [6, 6.07) is 6.91. The molecule has 0 bridgehead atoms. The monoisotopic (exact) mass is 466 g/mol. The molecule has 33 heavy (non-hydrogen) atoms. The number of nitrogens with two attached hydrogens (primary N) is 1. The quantitative estimate of drug-likeness (QED) is 0.265. The van der Waals surface area contributed by atoms with E-state index in [1.807, 2.05) is 0 Å². The van der Waals surface area contributed by atoms with Gasteiger partial charge in [0.2, 0.25) is 5.91 Å². The molecule has 1 unspecified atom stereocenters. The van der Waals surface area contributed by atoms with Gasteiger partial charge < -0.3 is 26.2 Å². The number of carbonyl (C=O) groups excluding carboxylic acids is 2. The SMILES string of the molecule is C[NH+]=C(C(=O)NC1(CO)CCNC1=O)c1cc(OCc2cccnc2C(F)(F)F)ccc1N. The lowest BCUT2D eigenvalue weighted by molar-refractivity contribution is -0.418. The van der Waals surface area contributed by atoms with Gasteiger partial charge in [0.25, 0.3) is 5.71 Å². The molecular formula is C21H23F3N5O4+. The lowest BCUT2D eigenvalue weighted by atomic mass is 9.97. The largest absolute Gasteiger partial charge is 0.489 e. The van der Waals surface area contributed by atoms with E-state index in [2.05, 4.69) is 20.6 Å². The predicted molar refractivity (Wildman–Crippen MR) is 111 cm³/mol. The van der Waals surface area contributed by atoms with Crippen molar-refractivity contribution in [3.63, 3.8) is 0 Å². The van der Waals surface area contributed by atoms with Crippen LogP contribution in [0.4, 0.5) is 18.9 Å². The van der Waals surface area contributed by atoms with Crippen LogP contribution in [0, 0.1) is 0 Å². The highest BCUT2D eigenvalue weighted by Gasteiger charge is 2.45. The average Bonchev–Trinajstić information content (AvgIpc) is 3.14. The number of nitrogens with zero attached hydrogens (tertiary/aromatic N) is 1. The summed E-state index contributed by atoms with van der Waals surface area (Å²) in [6.45, 7) is -0.706. The second-order valence-corrected chi connectivity index (χ2v) is 7.37. The lowest BCUT2D eigenvalue weighted by Crippen LogP contribution is -2.73. The van der Waals surface area contributed by atoms with E-state index >= 15 is 0 Å². The number of nitrogens with one attached hydrogen (secondary N) is 3. The summed E-state index contributed by atoms with van der Waals surface area (Å²) in [6.07, 6.45) is -3.38. The van der Waals surface area contributed by atoms with Crippen LogP contribution in [0.3, 0.4) is 0 Å². The van der Waals surface area contributed by atoms with Crippen molar-refractivity contribution in [3.05, 3.63) is 53.3 Å². The van der Waals surface area contributed by atoms with Crippen molar-refractivity contribution >= 4 is 23.2 Å². The van der Waals surface area contributed by atoms with Gasteiger partial charge in [-0.15, -0.1) is 0 Å². The van der Waals surface area contributed by atoms with Gasteiger partial charge in [0.1, 0.15) is 24.9 Å². The molecule has 6 N–H and O–H groups in total. The molecule has 3 rings (SSSR count). The van der Waals surface area contributed by atoms with E-state index in [1.165, 1.54) is 37.4 Å². The van der Waals surface area contributed by atoms with Crippen LogP contribution in [0.5, 0.6) is 5.75 Å². The summed E-state index contributed by atoms with van der Waals surface area (Å²) in [4.78, 5) is 31.1. The van der Waals surface area contributed by atoms with E-state index in [1.54, 1.807) is 0 Å². The third kappa shape index (κ3) is 5.06. The zero-order valence-corrected chi connectivity index (χ0v) is 17.6. The molecule has 1 saturated heterocycles. The highest BCUT2D eigenvalue weighted by molar-refractivity contribution is 6.44. The van der Waals surface area contributed by atoms with Gasteiger partial charge in [0.15, 0.2) is 5.69 Å². The topological polar surface area (TPSA) is 141 Å². The number of halogens is 3. The molecule has 0 spiro atoms. The standard InChI is InChI=1S/C21H22F3N5O4/c1-26-16(18(31)29-20(11-30)6-8-28-19(20)32)14-9-13(4-5-15(14)25)33-10-12-3-2-7-27-17(12)21(22,23)24/h2-5,7,9,30H,6,8,10-11,25H2,1H3,(H,28,32)(H,29,31)/p+1. The first-order valence-corrected chi connectivity index (χ1v) is 9.91. The number of ether oxygens (including phenoxy) is 1. The fraction of sp³-hybridized carbons (Fsp3) is 0.333. The Morgan fingerprint density at radius 2 is 2.15 bits per heavy atom. The predicted octanol–water partition coefficient (Wildman–Crippen LogP) is -0.872. The number of nitrogen functional groups attached to an aromatic ring is 1. The van der Waals surface area contributed by atoms with Crippen LogP contribution < -0.4 is 26.1 Å². The van der Waals surface area contributed by atoms with Gasteiger partial charge in [-0.3, -0.25) is 14.6 Å². The highest BCUT2D eigenvalue weighted by atomic mass is 19.4. The average molecular weight is 466 g/mol. The molecule has 2 aromatic rings. The van der Waals surface area contributed by atoms with Gasteiger partial charge in [-0.05, 0) is 30.7 Å². The van der Waals surface area contributed by atoms with Crippen molar-refractivity contribution in [2.24, 2.45) is 0 Å². The molecular weight excluding hydrogens is 443 g/mol. The van der Waals surface area contributed by atoms with E-state index in [9.17, 15) is 27.9 Å². The molecule has 12 heteroatoms. The van der Waals surface area contributed by atoms with Crippen LogP contribution in [0.1, 0.15) is 23.2 Å². The summed E-state index contributed by atoms with van der Waals surface area (Å²) in [5, 5.41) is 14.8. The Labute approximate surface area is 186 Å². The van der Waals surface area contributed by atoms with E-state index in [0.717, 1.165) is 6.20 Å². The molecule has 1 fully saturated rings. The molecule has 0 radical (unpaired) electrons. The Kier molecular flexibility index (Phi) is 6.86. The van der Waals surface area contributed by atoms with Gasteiger partial charge in [-0.25, -0.2) is 4.99 Å². The molecule has 1 aromatic heterocycles. The van der Waals surface area contributed by atoms with Crippen LogP contribution in [0.25, 0.3) is 0 Å². The highest BCUT2D eigenvalue weighted by Crippen LogP contribution is 2.31. The van der Waals surface area contributed by atoms with Crippen molar-refractivity contribution in [3.8, 4) is 5.75 Å². The molecule has 2 heterocycles. The van der Waals surface area contributed by atoms with Gasteiger partial charge in [-0.1, -0.05) is 6.07 Å². The maximum atomic E-state index is 13.1. The summed E-state index contributed by atoms with van der Waals surface area (Å²) in [7, 11) is 1.47. The molecule has 1 atom stereocenters. The van der Waals surface area contributed by atoms with E-state index in [4.69, 9.17) is 10.5 Å². The number of pyridine rings is 1. The van der Waals surface area contributed by atoms with E-state index in [-0.39, 0.29) is 34.7 Å². The first-order chi connectivity index (χ1) is 15.6. The number of aliphatic hydroxyl groups is 1. The summed E-state index contributed by atoms with van der Waals surface area (Å²) < 4.78 is 45.0.